The van der Waals surface area contributed by atoms with Crippen molar-refractivity contribution in [2.75, 3.05) is 0 Å². The fourth-order valence-corrected chi connectivity index (χ4v) is 10.2. The second kappa shape index (κ2) is 14.2. The molecule has 0 fully saturated rings. The lowest BCUT2D eigenvalue weighted by Crippen LogP contribution is -2.37. The van der Waals surface area contributed by atoms with Crippen LogP contribution in [0.4, 0.5) is 0 Å². The molecule has 3 heterocycles. The van der Waals surface area contributed by atoms with Gasteiger partial charge in [-0.15, -0.1) is 0 Å². The molecule has 0 aliphatic rings. The monoisotopic (exact) mass is 785 g/mol. The van der Waals surface area contributed by atoms with E-state index < -0.39 is 8.07 Å². The summed E-state index contributed by atoms with van der Waals surface area (Å²) >= 11 is 0. The molecular formula is C56H43N3Si. The number of benzene rings is 8. The van der Waals surface area contributed by atoms with Crippen LogP contribution >= 0.6 is 0 Å². The number of fused-ring (bicyclic) bond motifs is 6. The van der Waals surface area contributed by atoms with Gasteiger partial charge < -0.3 is 9.13 Å². The highest BCUT2D eigenvalue weighted by molar-refractivity contribution is 6.88. The minimum Gasteiger partial charge on any atom is -0.309 e. The fourth-order valence-electron chi connectivity index (χ4n) is 8.99. The molecule has 3 nitrogen and oxygen atoms in total. The summed E-state index contributed by atoms with van der Waals surface area (Å²) in [6.07, 6.45) is 0. The van der Waals surface area contributed by atoms with Crippen LogP contribution in [-0.4, -0.2) is 22.2 Å². The zero-order chi connectivity index (χ0) is 40.4. The minimum atomic E-state index is -1.40. The zero-order valence-corrected chi connectivity index (χ0v) is 35.0. The maximum Gasteiger partial charge on any atom is 0.0775 e. The molecule has 286 valence electrons. The van der Waals surface area contributed by atoms with Crippen molar-refractivity contribution in [3.05, 3.63) is 206 Å². The van der Waals surface area contributed by atoms with Crippen LogP contribution in [0.2, 0.25) is 19.6 Å². The lowest BCUT2D eigenvalue weighted by Gasteiger charge is -2.17. The summed E-state index contributed by atoms with van der Waals surface area (Å²) in [7, 11) is -1.40. The van der Waals surface area contributed by atoms with E-state index in [1.54, 1.807) is 0 Å². The molecule has 3 aromatic heterocycles. The number of pyridine rings is 1. The van der Waals surface area contributed by atoms with E-state index in [1.807, 2.05) is 12.1 Å². The van der Waals surface area contributed by atoms with Crippen molar-refractivity contribution in [1.29, 1.82) is 0 Å². The molecule has 4 heteroatoms. The van der Waals surface area contributed by atoms with Gasteiger partial charge in [-0.05, 0) is 95.1 Å². The van der Waals surface area contributed by atoms with E-state index >= 15 is 0 Å². The Morgan fingerprint density at radius 2 is 0.717 bits per heavy atom. The van der Waals surface area contributed by atoms with Crippen molar-refractivity contribution in [2.24, 2.45) is 0 Å². The Kier molecular flexibility index (Phi) is 8.50. The molecular weight excluding hydrogens is 743 g/mol. The van der Waals surface area contributed by atoms with Crippen molar-refractivity contribution in [3.63, 3.8) is 0 Å². The van der Waals surface area contributed by atoms with Gasteiger partial charge in [-0.25, -0.2) is 4.98 Å². The molecule has 0 bridgehead atoms. The van der Waals surface area contributed by atoms with E-state index in [9.17, 15) is 0 Å². The Bertz CT molecular complexity index is 3310. The van der Waals surface area contributed by atoms with Gasteiger partial charge in [0.05, 0.1) is 41.5 Å². The first-order valence-electron chi connectivity index (χ1n) is 20.8. The molecule has 11 aromatic rings. The van der Waals surface area contributed by atoms with Gasteiger partial charge in [0.2, 0.25) is 0 Å². The number of rotatable bonds is 7. The molecule has 0 atom stereocenters. The van der Waals surface area contributed by atoms with E-state index in [-0.39, 0.29) is 0 Å². The van der Waals surface area contributed by atoms with E-state index in [4.69, 9.17) is 4.98 Å². The predicted octanol–water partition coefficient (Wildman–Crippen LogP) is 14.5. The molecule has 0 aliphatic heterocycles. The molecule has 8 aromatic carbocycles. The second-order valence-electron chi connectivity index (χ2n) is 16.9. The van der Waals surface area contributed by atoms with E-state index in [1.165, 1.54) is 65.6 Å². The van der Waals surface area contributed by atoms with Crippen LogP contribution in [0.3, 0.4) is 0 Å². The van der Waals surface area contributed by atoms with Crippen molar-refractivity contribution in [3.8, 4) is 56.1 Å². The Hall–Kier alpha value is -7.27. The third-order valence-corrected chi connectivity index (χ3v) is 14.2. The normalized spacial score (nSPS) is 11.9. The summed E-state index contributed by atoms with van der Waals surface area (Å²) in [6.45, 7) is 7.22. The minimum absolute atomic E-state index is 0.964. The molecule has 0 unspecified atom stereocenters. The molecule has 60 heavy (non-hydrogen) atoms. The van der Waals surface area contributed by atoms with Gasteiger partial charge in [0.25, 0.3) is 0 Å². The Morgan fingerprint density at radius 1 is 0.317 bits per heavy atom. The number of aromatic nitrogens is 3. The predicted molar refractivity (Wildman–Crippen MR) is 258 cm³/mol. The lowest BCUT2D eigenvalue weighted by molar-refractivity contribution is 1.18. The van der Waals surface area contributed by atoms with Crippen LogP contribution < -0.4 is 5.19 Å². The van der Waals surface area contributed by atoms with Gasteiger partial charge in [0, 0.05) is 44.0 Å². The molecule has 0 amide bonds. The summed E-state index contributed by atoms with van der Waals surface area (Å²) in [4.78, 5) is 5.10. The summed E-state index contributed by atoms with van der Waals surface area (Å²) in [5.74, 6) is 0. The van der Waals surface area contributed by atoms with Crippen LogP contribution in [0.25, 0.3) is 99.8 Å². The lowest BCUT2D eigenvalue weighted by atomic mass is 9.99. The highest BCUT2D eigenvalue weighted by atomic mass is 28.3. The maximum atomic E-state index is 5.10. The van der Waals surface area contributed by atoms with Gasteiger partial charge in [-0.1, -0.05) is 158 Å². The number of hydrogen-bond acceptors (Lipinski definition) is 1. The van der Waals surface area contributed by atoms with E-state index in [0.29, 0.717) is 0 Å². The first kappa shape index (κ1) is 35.9. The largest absolute Gasteiger partial charge is 0.309 e. The highest BCUT2D eigenvalue weighted by Crippen LogP contribution is 2.39. The van der Waals surface area contributed by atoms with Crippen molar-refractivity contribution >= 4 is 56.9 Å². The van der Waals surface area contributed by atoms with E-state index in [0.717, 1.165) is 39.3 Å². The smallest absolute Gasteiger partial charge is 0.0775 e. The molecule has 0 saturated carbocycles. The Balaban J connectivity index is 0.990. The van der Waals surface area contributed by atoms with Gasteiger partial charge in [0.15, 0.2) is 0 Å². The third kappa shape index (κ3) is 6.16. The standard InChI is InChI=1S/C56H43N3Si/c1-60(2,3)46-30-28-45(29-31-46)59-54-21-13-11-19-48(54)50-35-42(25-33-56(50)59)41-24-32-55-49(34-41)47-18-10-12-20-53(47)58(55)44-26-22-38(23-27-44)43-36-51(39-14-6-4-7-15-39)57-52(37-43)40-16-8-5-9-17-40/h4-37H,1-3H3. The van der Waals surface area contributed by atoms with Crippen molar-refractivity contribution < 1.29 is 0 Å². The van der Waals surface area contributed by atoms with Crippen molar-refractivity contribution in [2.45, 2.75) is 19.6 Å². The van der Waals surface area contributed by atoms with Crippen LogP contribution in [0.5, 0.6) is 0 Å². The van der Waals surface area contributed by atoms with Gasteiger partial charge in [-0.3, -0.25) is 0 Å². The Labute approximate surface area is 351 Å². The number of hydrogen-bond donors (Lipinski definition) is 0. The van der Waals surface area contributed by atoms with Crippen LogP contribution in [0.15, 0.2) is 206 Å². The second-order valence-corrected chi connectivity index (χ2v) is 21.9. The van der Waals surface area contributed by atoms with Gasteiger partial charge in [-0.2, -0.15) is 0 Å². The fraction of sp³-hybridized carbons (Fsp3) is 0.0536. The van der Waals surface area contributed by atoms with Crippen LogP contribution in [-0.2, 0) is 0 Å². The first-order valence-corrected chi connectivity index (χ1v) is 24.3. The molecule has 0 spiro atoms. The topological polar surface area (TPSA) is 22.8 Å². The molecule has 0 saturated heterocycles. The summed E-state index contributed by atoms with van der Waals surface area (Å²) in [5, 5.41) is 6.49. The molecule has 0 N–H and O–H groups in total. The highest BCUT2D eigenvalue weighted by Gasteiger charge is 2.19. The average molecular weight is 786 g/mol. The summed E-state index contributed by atoms with van der Waals surface area (Å²) in [5.41, 5.74) is 16.0. The van der Waals surface area contributed by atoms with Crippen LogP contribution in [0.1, 0.15) is 0 Å². The van der Waals surface area contributed by atoms with E-state index in [2.05, 4.69) is 223 Å². The first-order chi connectivity index (χ1) is 29.4. The maximum absolute atomic E-state index is 5.10. The zero-order valence-electron chi connectivity index (χ0n) is 34.0. The Morgan fingerprint density at radius 3 is 1.18 bits per heavy atom. The molecule has 0 radical (unpaired) electrons. The quantitative estimate of drug-likeness (QED) is 0.148. The number of nitrogens with zero attached hydrogens (tertiary/aromatic N) is 3. The average Bonchev–Trinajstić information content (AvgIpc) is 3.81. The van der Waals surface area contributed by atoms with Crippen LogP contribution in [0, 0.1) is 0 Å². The summed E-state index contributed by atoms with van der Waals surface area (Å²) in [6, 6.07) is 75.1. The summed E-state index contributed by atoms with van der Waals surface area (Å²) < 4.78 is 4.82. The number of para-hydroxylation sites is 2. The van der Waals surface area contributed by atoms with Gasteiger partial charge >= 0.3 is 0 Å². The van der Waals surface area contributed by atoms with Gasteiger partial charge in [0.1, 0.15) is 0 Å². The molecule has 11 rings (SSSR count). The third-order valence-electron chi connectivity index (χ3n) is 12.1. The SMILES string of the molecule is C[Si](C)(C)c1ccc(-n2c3ccccc3c3cc(-c4ccc5c(c4)c4ccccc4n5-c4ccc(-c5cc(-c6ccccc6)nc(-c6ccccc6)c5)cc4)ccc32)cc1. The van der Waals surface area contributed by atoms with Crippen molar-refractivity contribution in [1.82, 2.24) is 14.1 Å². The molecule has 0 aliphatic carbocycles.